The quantitative estimate of drug-likeness (QED) is 0.784. The van der Waals surface area contributed by atoms with Crippen LogP contribution in [-0.2, 0) is 4.79 Å². The maximum absolute atomic E-state index is 12.6. The summed E-state index contributed by atoms with van der Waals surface area (Å²) in [6.07, 6.45) is 0. The van der Waals surface area contributed by atoms with Crippen LogP contribution < -0.4 is 14.8 Å². The van der Waals surface area contributed by atoms with Gasteiger partial charge in [-0.05, 0) is 31.2 Å². The lowest BCUT2D eigenvalue weighted by Gasteiger charge is -2.07. The van der Waals surface area contributed by atoms with E-state index < -0.39 is 0 Å². The highest BCUT2D eigenvalue weighted by Crippen LogP contribution is 2.35. The molecule has 0 spiro atoms. The number of carbonyl (C=O) groups excluding carboxylic acids is 1. The number of benzene rings is 2. The predicted molar refractivity (Wildman–Crippen MR) is 94.1 cm³/mol. The summed E-state index contributed by atoms with van der Waals surface area (Å²) in [5.41, 5.74) is 1.77. The number of anilines is 1. The molecule has 0 bridgehead atoms. The van der Waals surface area contributed by atoms with Gasteiger partial charge in [0.1, 0.15) is 24.0 Å². The summed E-state index contributed by atoms with van der Waals surface area (Å²) in [4.78, 5) is 17.0. The minimum absolute atomic E-state index is 0.0935. The Bertz CT molecular complexity index is 906. The van der Waals surface area contributed by atoms with E-state index in [4.69, 9.17) is 9.47 Å². The van der Waals surface area contributed by atoms with Gasteiger partial charge in [0.05, 0.1) is 16.8 Å². The van der Waals surface area contributed by atoms with Crippen molar-refractivity contribution >= 4 is 32.6 Å². The van der Waals surface area contributed by atoms with Crippen LogP contribution in [-0.4, -0.2) is 24.1 Å². The number of nitrogens with zero attached hydrogens (tertiary/aromatic N) is 1. The number of hydrogen-bond donors (Lipinski definition) is 1. The number of ether oxygens (including phenoxy) is 2. The Morgan fingerprint density at radius 2 is 2.25 bits per heavy atom. The lowest BCUT2D eigenvalue weighted by molar-refractivity contribution is -0.117. The second-order valence-corrected chi connectivity index (χ2v) is 6.50. The first-order valence-corrected chi connectivity index (χ1v) is 8.62. The van der Waals surface area contributed by atoms with Crippen LogP contribution in [0.1, 0.15) is 18.4 Å². The lowest BCUT2D eigenvalue weighted by atomic mass is 10.0. The van der Waals surface area contributed by atoms with Crippen molar-refractivity contribution in [1.29, 1.82) is 0 Å². The summed E-state index contributed by atoms with van der Waals surface area (Å²) in [6, 6.07) is 13.4. The van der Waals surface area contributed by atoms with Crippen LogP contribution in [0, 0.1) is 0 Å². The summed E-state index contributed by atoms with van der Waals surface area (Å²) >= 11 is 1.44. The first-order valence-electron chi connectivity index (χ1n) is 7.80. The molecular weight excluding hydrogens is 324 g/mol. The molecule has 1 aliphatic rings. The van der Waals surface area contributed by atoms with Gasteiger partial charge in [0.25, 0.3) is 0 Å². The van der Waals surface area contributed by atoms with Gasteiger partial charge in [-0.25, -0.2) is 4.98 Å². The SMILES string of the molecule is CCOc1ccc2nc(NC(=O)C3COc4ccccc43)sc2c1. The molecule has 0 fully saturated rings. The molecule has 1 N–H and O–H groups in total. The van der Waals surface area contributed by atoms with Crippen LogP contribution in [0.5, 0.6) is 11.5 Å². The first-order chi connectivity index (χ1) is 11.7. The Kier molecular flexibility index (Phi) is 3.82. The van der Waals surface area contributed by atoms with E-state index in [-0.39, 0.29) is 11.8 Å². The Labute approximate surface area is 143 Å². The smallest absolute Gasteiger partial charge is 0.237 e. The van der Waals surface area contributed by atoms with Gasteiger partial charge in [0, 0.05) is 5.56 Å². The maximum atomic E-state index is 12.6. The number of nitrogens with one attached hydrogen (secondary N) is 1. The van der Waals surface area contributed by atoms with Gasteiger partial charge >= 0.3 is 0 Å². The summed E-state index contributed by atoms with van der Waals surface area (Å²) in [7, 11) is 0. The van der Waals surface area contributed by atoms with Gasteiger partial charge in [0.2, 0.25) is 5.91 Å². The summed E-state index contributed by atoms with van der Waals surface area (Å²) < 4.78 is 12.1. The summed E-state index contributed by atoms with van der Waals surface area (Å²) in [5, 5.41) is 3.50. The van der Waals surface area contributed by atoms with E-state index >= 15 is 0 Å². The average Bonchev–Trinajstić information content (AvgIpc) is 3.18. The molecule has 0 radical (unpaired) electrons. The third-order valence-corrected chi connectivity index (χ3v) is 4.85. The fourth-order valence-electron chi connectivity index (χ4n) is 2.79. The summed E-state index contributed by atoms with van der Waals surface area (Å²) in [5.74, 6) is 1.20. The molecule has 0 aliphatic carbocycles. The molecule has 6 heteroatoms. The molecule has 1 unspecified atom stereocenters. The highest BCUT2D eigenvalue weighted by Gasteiger charge is 2.30. The molecule has 1 aromatic heterocycles. The molecule has 24 heavy (non-hydrogen) atoms. The predicted octanol–water partition coefficient (Wildman–Crippen LogP) is 3.81. The third kappa shape index (κ3) is 2.69. The van der Waals surface area contributed by atoms with Crippen molar-refractivity contribution < 1.29 is 14.3 Å². The van der Waals surface area contributed by atoms with E-state index in [1.54, 1.807) is 0 Å². The normalized spacial score (nSPS) is 15.8. The van der Waals surface area contributed by atoms with Crippen molar-refractivity contribution in [3.63, 3.8) is 0 Å². The zero-order valence-corrected chi connectivity index (χ0v) is 13.9. The number of rotatable bonds is 4. The van der Waals surface area contributed by atoms with E-state index in [2.05, 4.69) is 10.3 Å². The molecule has 122 valence electrons. The van der Waals surface area contributed by atoms with Gasteiger partial charge in [-0.15, -0.1) is 0 Å². The van der Waals surface area contributed by atoms with Crippen LogP contribution in [0.25, 0.3) is 10.2 Å². The van der Waals surface area contributed by atoms with Crippen LogP contribution in [0.15, 0.2) is 42.5 Å². The van der Waals surface area contributed by atoms with Crippen molar-refractivity contribution in [2.45, 2.75) is 12.8 Å². The standard InChI is InChI=1S/C18H16N2O3S/c1-2-22-11-7-8-14-16(9-11)24-18(19-14)20-17(21)13-10-23-15-6-4-3-5-12(13)15/h3-9,13H,2,10H2,1H3,(H,19,20,21). The fourth-order valence-corrected chi connectivity index (χ4v) is 3.68. The molecular formula is C18H16N2O3S. The number of carbonyl (C=O) groups is 1. The molecule has 3 aromatic rings. The molecule has 2 heterocycles. The molecule has 0 saturated heterocycles. The van der Waals surface area contributed by atoms with E-state index in [1.807, 2.05) is 49.4 Å². The highest BCUT2D eigenvalue weighted by molar-refractivity contribution is 7.22. The van der Waals surface area contributed by atoms with Gasteiger partial charge in [-0.2, -0.15) is 0 Å². The van der Waals surface area contributed by atoms with Crippen LogP contribution in [0.4, 0.5) is 5.13 Å². The Morgan fingerprint density at radius 1 is 1.38 bits per heavy atom. The average molecular weight is 340 g/mol. The van der Waals surface area contributed by atoms with Crippen LogP contribution in [0.2, 0.25) is 0 Å². The number of thiazole rings is 1. The topological polar surface area (TPSA) is 60.5 Å². The molecule has 0 saturated carbocycles. The number of aromatic nitrogens is 1. The largest absolute Gasteiger partial charge is 0.494 e. The zero-order chi connectivity index (χ0) is 16.5. The van der Waals surface area contributed by atoms with Crippen molar-refractivity contribution in [3.8, 4) is 11.5 Å². The molecule has 2 aromatic carbocycles. The van der Waals surface area contributed by atoms with Gasteiger partial charge in [0.15, 0.2) is 5.13 Å². The van der Waals surface area contributed by atoms with Crippen molar-refractivity contribution in [2.75, 3.05) is 18.5 Å². The number of para-hydroxylation sites is 1. The van der Waals surface area contributed by atoms with Crippen LogP contribution >= 0.6 is 11.3 Å². The van der Waals surface area contributed by atoms with Gasteiger partial charge < -0.3 is 14.8 Å². The van der Waals surface area contributed by atoms with E-state index in [0.717, 1.165) is 27.3 Å². The molecule has 1 atom stereocenters. The Balaban J connectivity index is 1.55. The van der Waals surface area contributed by atoms with E-state index in [9.17, 15) is 4.79 Å². The number of hydrogen-bond acceptors (Lipinski definition) is 5. The number of amides is 1. The van der Waals surface area contributed by atoms with Crippen molar-refractivity contribution in [1.82, 2.24) is 4.98 Å². The second-order valence-electron chi connectivity index (χ2n) is 5.47. The first kappa shape index (κ1) is 15.0. The van der Waals surface area contributed by atoms with Crippen molar-refractivity contribution in [2.24, 2.45) is 0 Å². The minimum atomic E-state index is -0.299. The van der Waals surface area contributed by atoms with Crippen molar-refractivity contribution in [3.05, 3.63) is 48.0 Å². The van der Waals surface area contributed by atoms with Gasteiger partial charge in [-0.1, -0.05) is 29.5 Å². The molecule has 1 amide bonds. The fraction of sp³-hybridized carbons (Fsp3) is 0.222. The third-order valence-electron chi connectivity index (χ3n) is 3.92. The molecule has 4 rings (SSSR count). The summed E-state index contributed by atoms with van der Waals surface area (Å²) in [6.45, 7) is 2.93. The maximum Gasteiger partial charge on any atom is 0.237 e. The minimum Gasteiger partial charge on any atom is -0.494 e. The van der Waals surface area contributed by atoms with E-state index in [0.29, 0.717) is 18.3 Å². The monoisotopic (exact) mass is 340 g/mol. The van der Waals surface area contributed by atoms with E-state index in [1.165, 1.54) is 11.3 Å². The Morgan fingerprint density at radius 3 is 3.12 bits per heavy atom. The molecule has 1 aliphatic heterocycles. The second kappa shape index (κ2) is 6.13. The zero-order valence-electron chi connectivity index (χ0n) is 13.1. The number of fused-ring (bicyclic) bond motifs is 2. The van der Waals surface area contributed by atoms with Gasteiger partial charge in [-0.3, -0.25) is 4.79 Å². The highest BCUT2D eigenvalue weighted by atomic mass is 32.1. The van der Waals surface area contributed by atoms with Crippen LogP contribution in [0.3, 0.4) is 0 Å². The molecule has 5 nitrogen and oxygen atoms in total. The lowest BCUT2D eigenvalue weighted by Crippen LogP contribution is -2.22. The Hall–Kier alpha value is -2.60.